The van der Waals surface area contributed by atoms with Crippen LogP contribution in [0.3, 0.4) is 0 Å². The zero-order valence-electron chi connectivity index (χ0n) is 9.39. The van der Waals surface area contributed by atoms with Crippen molar-refractivity contribution in [2.75, 3.05) is 5.32 Å². The normalized spacial score (nSPS) is 29.4. The molecule has 1 aliphatic heterocycles. The summed E-state index contributed by atoms with van der Waals surface area (Å²) < 4.78 is 0.760. The number of anilines is 1. The Hall–Kier alpha value is -0.610. The summed E-state index contributed by atoms with van der Waals surface area (Å²) in [5, 5.41) is 3.48. The summed E-state index contributed by atoms with van der Waals surface area (Å²) in [6.07, 6.45) is 4.69. The van der Waals surface area contributed by atoms with Gasteiger partial charge in [0.25, 0.3) is 0 Å². The molecule has 2 unspecified atom stereocenters. The second-order valence-electron chi connectivity index (χ2n) is 4.76. The van der Waals surface area contributed by atoms with E-state index in [4.69, 9.17) is 11.6 Å². The van der Waals surface area contributed by atoms with E-state index in [0.29, 0.717) is 16.8 Å². The Morgan fingerprint density at radius 2 is 2.47 bits per heavy atom. The lowest BCUT2D eigenvalue weighted by Crippen LogP contribution is -2.21. The number of carbonyl (C=O) groups excluding carboxylic acids is 1. The van der Waals surface area contributed by atoms with E-state index in [0.717, 1.165) is 29.3 Å². The summed E-state index contributed by atoms with van der Waals surface area (Å²) in [5.41, 5.74) is 0.510. The SMILES string of the molecule is CCCC1CC12C(=O)Nc1ncc(Br)c(Cl)c12. The van der Waals surface area contributed by atoms with E-state index < -0.39 is 0 Å². The fraction of sp³-hybridized carbons (Fsp3) is 0.500. The second kappa shape index (κ2) is 3.69. The van der Waals surface area contributed by atoms with E-state index in [9.17, 15) is 4.79 Å². The minimum Gasteiger partial charge on any atom is -0.310 e. The molecule has 17 heavy (non-hydrogen) atoms. The summed E-state index contributed by atoms with van der Waals surface area (Å²) in [7, 11) is 0. The fourth-order valence-corrected chi connectivity index (χ4v) is 3.52. The van der Waals surface area contributed by atoms with Crippen LogP contribution in [-0.2, 0) is 10.2 Å². The van der Waals surface area contributed by atoms with E-state index >= 15 is 0 Å². The van der Waals surface area contributed by atoms with Gasteiger partial charge in [-0.05, 0) is 34.7 Å². The molecule has 1 N–H and O–H groups in total. The summed E-state index contributed by atoms with van der Waals surface area (Å²) in [6, 6.07) is 0. The summed E-state index contributed by atoms with van der Waals surface area (Å²) in [5.74, 6) is 1.13. The quantitative estimate of drug-likeness (QED) is 0.907. The Morgan fingerprint density at radius 1 is 1.71 bits per heavy atom. The predicted octanol–water partition coefficient (Wildman–Crippen LogP) is 3.51. The van der Waals surface area contributed by atoms with Crippen molar-refractivity contribution in [1.29, 1.82) is 0 Å². The van der Waals surface area contributed by atoms with Crippen molar-refractivity contribution in [3.05, 3.63) is 21.3 Å². The maximum Gasteiger partial charge on any atom is 0.236 e. The van der Waals surface area contributed by atoms with E-state index in [2.05, 4.69) is 33.2 Å². The molecule has 1 fully saturated rings. The topological polar surface area (TPSA) is 42.0 Å². The smallest absolute Gasteiger partial charge is 0.236 e. The maximum absolute atomic E-state index is 12.1. The van der Waals surface area contributed by atoms with E-state index in [1.54, 1.807) is 6.20 Å². The van der Waals surface area contributed by atoms with Crippen LogP contribution in [-0.4, -0.2) is 10.9 Å². The van der Waals surface area contributed by atoms with Crippen LogP contribution in [0.4, 0.5) is 5.82 Å². The number of amides is 1. The van der Waals surface area contributed by atoms with Crippen LogP contribution < -0.4 is 5.32 Å². The molecule has 3 nitrogen and oxygen atoms in total. The third kappa shape index (κ3) is 1.40. The van der Waals surface area contributed by atoms with Gasteiger partial charge in [0.1, 0.15) is 5.82 Å². The first-order chi connectivity index (χ1) is 8.11. The largest absolute Gasteiger partial charge is 0.310 e. The highest BCUT2D eigenvalue weighted by Gasteiger charge is 2.65. The molecule has 5 heteroatoms. The van der Waals surface area contributed by atoms with Gasteiger partial charge in [-0.15, -0.1) is 0 Å². The minimum absolute atomic E-state index is 0.0680. The predicted molar refractivity (Wildman–Crippen MR) is 70.3 cm³/mol. The molecule has 0 aromatic carbocycles. The van der Waals surface area contributed by atoms with Crippen molar-refractivity contribution in [2.45, 2.75) is 31.6 Å². The van der Waals surface area contributed by atoms with Gasteiger partial charge < -0.3 is 5.32 Å². The van der Waals surface area contributed by atoms with E-state index in [-0.39, 0.29) is 11.3 Å². The number of halogens is 2. The molecule has 1 aromatic rings. The maximum atomic E-state index is 12.1. The lowest BCUT2D eigenvalue weighted by Gasteiger charge is -2.10. The molecule has 0 radical (unpaired) electrons. The highest BCUT2D eigenvalue weighted by Crippen LogP contribution is 2.63. The number of fused-ring (bicyclic) bond motifs is 2. The highest BCUT2D eigenvalue weighted by molar-refractivity contribution is 9.10. The lowest BCUT2D eigenvalue weighted by atomic mass is 9.94. The van der Waals surface area contributed by atoms with Gasteiger partial charge in [-0.2, -0.15) is 0 Å². The Morgan fingerprint density at radius 3 is 3.18 bits per heavy atom. The van der Waals surface area contributed by atoms with Gasteiger partial charge in [-0.3, -0.25) is 4.79 Å². The lowest BCUT2D eigenvalue weighted by molar-refractivity contribution is -0.118. The number of hydrogen-bond donors (Lipinski definition) is 1. The van der Waals surface area contributed by atoms with Crippen LogP contribution in [0.2, 0.25) is 5.02 Å². The Bertz CT molecular complexity index is 519. The number of aromatic nitrogens is 1. The molecule has 0 bridgehead atoms. The molecule has 1 amide bonds. The van der Waals surface area contributed by atoms with Gasteiger partial charge in [-0.25, -0.2) is 4.98 Å². The first-order valence-corrected chi connectivity index (χ1v) is 6.94. The van der Waals surface area contributed by atoms with Gasteiger partial charge in [0.05, 0.1) is 14.9 Å². The number of carbonyl (C=O) groups is 1. The molecule has 1 aliphatic carbocycles. The molecular weight excluding hydrogens is 304 g/mol. The molecule has 2 atom stereocenters. The molecule has 1 saturated carbocycles. The van der Waals surface area contributed by atoms with Crippen molar-refractivity contribution >= 4 is 39.3 Å². The second-order valence-corrected chi connectivity index (χ2v) is 5.99. The number of nitrogens with one attached hydrogen (secondary N) is 1. The highest BCUT2D eigenvalue weighted by atomic mass is 79.9. The van der Waals surface area contributed by atoms with Crippen molar-refractivity contribution in [3.63, 3.8) is 0 Å². The summed E-state index contributed by atoms with van der Waals surface area (Å²) in [4.78, 5) is 16.4. The standard InChI is InChI=1S/C12H12BrClN2O/c1-2-3-6-4-12(6)8-9(14)7(13)5-15-10(8)16-11(12)17/h5-6H,2-4H2,1H3,(H,15,16,17). The van der Waals surface area contributed by atoms with Crippen LogP contribution in [0, 0.1) is 5.92 Å². The first kappa shape index (κ1) is 11.5. The summed E-state index contributed by atoms with van der Waals surface area (Å²) in [6.45, 7) is 2.14. The third-order valence-electron chi connectivity index (χ3n) is 3.80. The van der Waals surface area contributed by atoms with Gasteiger partial charge >= 0.3 is 0 Å². The number of pyridine rings is 1. The van der Waals surface area contributed by atoms with Gasteiger partial charge in [0.15, 0.2) is 0 Å². The average Bonchev–Trinajstić information content (AvgIpc) is 2.91. The molecule has 90 valence electrons. The molecular formula is C12H12BrClN2O. The number of hydrogen-bond acceptors (Lipinski definition) is 2. The first-order valence-electron chi connectivity index (χ1n) is 5.77. The molecule has 2 heterocycles. The van der Waals surface area contributed by atoms with Gasteiger partial charge in [0.2, 0.25) is 5.91 Å². The van der Waals surface area contributed by atoms with E-state index in [1.807, 2.05) is 0 Å². The zero-order valence-corrected chi connectivity index (χ0v) is 11.7. The third-order valence-corrected chi connectivity index (χ3v) is 5.02. The molecule has 3 rings (SSSR count). The molecule has 1 aromatic heterocycles. The molecule has 1 spiro atoms. The van der Waals surface area contributed by atoms with Crippen LogP contribution >= 0.6 is 27.5 Å². The van der Waals surface area contributed by atoms with Crippen LogP contribution in [0.1, 0.15) is 31.7 Å². The minimum atomic E-state index is -0.390. The van der Waals surface area contributed by atoms with Crippen LogP contribution in [0.15, 0.2) is 10.7 Å². The van der Waals surface area contributed by atoms with Gasteiger partial charge in [-0.1, -0.05) is 24.9 Å². The van der Waals surface area contributed by atoms with Crippen molar-refractivity contribution < 1.29 is 4.79 Å². The number of nitrogens with zero attached hydrogens (tertiary/aromatic N) is 1. The summed E-state index contributed by atoms with van der Waals surface area (Å²) >= 11 is 9.69. The molecule has 2 aliphatic rings. The van der Waals surface area contributed by atoms with Crippen molar-refractivity contribution in [1.82, 2.24) is 4.98 Å². The Labute approximate surface area is 113 Å². The number of rotatable bonds is 2. The zero-order chi connectivity index (χ0) is 12.2. The molecule has 0 saturated heterocycles. The van der Waals surface area contributed by atoms with Crippen LogP contribution in [0.5, 0.6) is 0 Å². The van der Waals surface area contributed by atoms with Crippen molar-refractivity contribution in [3.8, 4) is 0 Å². The fourth-order valence-electron chi connectivity index (χ4n) is 2.91. The van der Waals surface area contributed by atoms with E-state index in [1.165, 1.54) is 0 Å². The monoisotopic (exact) mass is 314 g/mol. The van der Waals surface area contributed by atoms with Crippen molar-refractivity contribution in [2.24, 2.45) is 5.92 Å². The Kier molecular flexibility index (Phi) is 2.49. The van der Waals surface area contributed by atoms with Gasteiger partial charge in [0, 0.05) is 11.8 Å². The van der Waals surface area contributed by atoms with Crippen LogP contribution in [0.25, 0.3) is 0 Å². The Balaban J connectivity index is 2.11. The average molecular weight is 316 g/mol.